The molecule has 3 aromatic heterocycles. The molecule has 7 rings (SSSR count). The summed E-state index contributed by atoms with van der Waals surface area (Å²) in [6.07, 6.45) is 5.58. The van der Waals surface area contributed by atoms with Crippen LogP contribution in [0, 0.1) is 23.5 Å². The van der Waals surface area contributed by atoms with Crippen molar-refractivity contribution in [2.75, 3.05) is 11.0 Å². The average Bonchev–Trinajstić information content (AvgIpc) is 3.61. The number of aromatic nitrogens is 5. The molecule has 0 aliphatic heterocycles. The summed E-state index contributed by atoms with van der Waals surface area (Å²) < 4.78 is 59.4. The van der Waals surface area contributed by atoms with Crippen LogP contribution >= 0.6 is 11.6 Å². The van der Waals surface area contributed by atoms with Crippen molar-refractivity contribution in [3.8, 4) is 23.0 Å². The van der Waals surface area contributed by atoms with E-state index in [-0.39, 0.29) is 41.7 Å². The lowest BCUT2D eigenvalue weighted by molar-refractivity contribution is -0.120. The van der Waals surface area contributed by atoms with Gasteiger partial charge < -0.3 is 10.2 Å². The molecule has 1 saturated carbocycles. The molecule has 2 aromatic carbocycles. The molecule has 2 aliphatic rings. The lowest BCUT2D eigenvalue weighted by atomic mass is 9.86. The Kier molecular flexibility index (Phi) is 10.1. The third-order valence-corrected chi connectivity index (χ3v) is 10.8. The van der Waals surface area contributed by atoms with Crippen LogP contribution in [0.25, 0.3) is 22.0 Å². The number of rotatable bonds is 11. The fourth-order valence-corrected chi connectivity index (χ4v) is 8.19. The summed E-state index contributed by atoms with van der Waals surface area (Å²) in [6.45, 7) is 2.99. The van der Waals surface area contributed by atoms with Crippen LogP contribution in [-0.4, -0.2) is 60.8 Å². The van der Waals surface area contributed by atoms with Crippen LogP contribution in [0.1, 0.15) is 85.8 Å². The molecule has 3 heterocycles. The Labute approximate surface area is 322 Å². The highest BCUT2D eigenvalue weighted by atomic mass is 35.5. The molecule has 2 aliphatic carbocycles. The van der Waals surface area contributed by atoms with E-state index in [9.17, 15) is 32.2 Å². The number of anilines is 1. The van der Waals surface area contributed by atoms with E-state index in [2.05, 4.69) is 21.7 Å². The van der Waals surface area contributed by atoms with E-state index in [0.29, 0.717) is 51.8 Å². The third kappa shape index (κ3) is 8.45. The Hall–Kier alpha value is -4.68. The molecule has 0 saturated heterocycles. The fourth-order valence-electron chi connectivity index (χ4n) is 7.46. The smallest absolute Gasteiger partial charge is 0.231 e. The summed E-state index contributed by atoms with van der Waals surface area (Å²) in [5.41, 5.74) is 2.79. The first-order valence-corrected chi connectivity index (χ1v) is 20.3. The first kappa shape index (κ1) is 38.6. The summed E-state index contributed by atoms with van der Waals surface area (Å²) in [6, 6.07) is 9.97. The predicted molar refractivity (Wildman–Crippen MR) is 205 cm³/mol. The SMILES string of the molecule is Cn1nc(NS(C)(=O)=O)c2c(Cl)ccc(-c3ccc(C#CC(C)(C)O)nc3[C@@H](CC(=O)Cn3nc(C4(O)CC4)c4c3CCCC4)Cc3cc(F)cc(F)c3)c21. The number of ketones is 1. The van der Waals surface area contributed by atoms with Gasteiger partial charge in [0.05, 0.1) is 40.1 Å². The third-order valence-electron chi connectivity index (χ3n) is 9.94. The van der Waals surface area contributed by atoms with Crippen LogP contribution in [0.3, 0.4) is 0 Å². The summed E-state index contributed by atoms with van der Waals surface area (Å²) in [7, 11) is -2.10. The second kappa shape index (κ2) is 14.4. The van der Waals surface area contributed by atoms with Crippen LogP contribution in [0.4, 0.5) is 14.6 Å². The molecule has 15 heteroatoms. The summed E-state index contributed by atoms with van der Waals surface area (Å²) in [4.78, 5) is 19.2. The number of aryl methyl sites for hydroxylation is 1. The standard InChI is InChI=1S/C40H41ClF2N6O5S/c1-39(2,51)14-13-27-9-10-29(30-11-12-32(41)34-36(30)48(3)46-38(34)47-55(4,53)54)35(44-27)24(17-23-18-25(42)21-26(43)19-23)20-28(50)22-49-33-8-6-5-7-31(33)37(45-49)40(52)15-16-40/h9-12,18-19,21,24,51-52H,5-8,15-17,20,22H2,1-4H3,(H,46,47)/t24-/m1/s1. The maximum atomic E-state index is 14.6. The predicted octanol–water partition coefficient (Wildman–Crippen LogP) is 6.10. The number of pyridine rings is 1. The maximum Gasteiger partial charge on any atom is 0.231 e. The number of nitrogens with one attached hydrogen (secondary N) is 1. The highest BCUT2D eigenvalue weighted by Crippen LogP contribution is 2.47. The van der Waals surface area contributed by atoms with Crippen molar-refractivity contribution in [1.82, 2.24) is 24.5 Å². The van der Waals surface area contributed by atoms with E-state index in [4.69, 9.17) is 21.7 Å². The van der Waals surface area contributed by atoms with Gasteiger partial charge in [-0.25, -0.2) is 22.2 Å². The van der Waals surface area contributed by atoms with Crippen molar-refractivity contribution in [2.24, 2.45) is 7.05 Å². The first-order chi connectivity index (χ1) is 25.9. The molecule has 5 aromatic rings. The monoisotopic (exact) mass is 790 g/mol. The number of fused-ring (bicyclic) bond motifs is 2. The second-order valence-corrected chi connectivity index (χ2v) is 17.4. The molecule has 0 unspecified atom stereocenters. The molecule has 11 nitrogen and oxygen atoms in total. The minimum absolute atomic E-state index is 0.00795. The van der Waals surface area contributed by atoms with Crippen LogP contribution in [0.5, 0.6) is 0 Å². The van der Waals surface area contributed by atoms with Crippen molar-refractivity contribution < 1.29 is 32.2 Å². The Balaban J connectivity index is 1.38. The lowest BCUT2D eigenvalue weighted by Gasteiger charge is -2.21. The Bertz CT molecular complexity index is 2510. The van der Waals surface area contributed by atoms with E-state index in [1.54, 1.807) is 36.0 Å². The minimum Gasteiger partial charge on any atom is -0.383 e. The van der Waals surface area contributed by atoms with Gasteiger partial charge in [0.25, 0.3) is 0 Å². The molecule has 0 bridgehead atoms. The van der Waals surface area contributed by atoms with Gasteiger partial charge in [-0.3, -0.25) is 18.9 Å². The van der Waals surface area contributed by atoms with Crippen LogP contribution < -0.4 is 4.72 Å². The van der Waals surface area contributed by atoms with Gasteiger partial charge in [0.1, 0.15) is 28.5 Å². The van der Waals surface area contributed by atoms with E-state index in [1.165, 1.54) is 30.7 Å². The van der Waals surface area contributed by atoms with Gasteiger partial charge in [-0.1, -0.05) is 23.6 Å². The number of sulfonamides is 1. The van der Waals surface area contributed by atoms with Crippen molar-refractivity contribution >= 4 is 44.1 Å². The van der Waals surface area contributed by atoms with Gasteiger partial charge in [0.15, 0.2) is 11.6 Å². The Morgan fingerprint density at radius 1 is 1.07 bits per heavy atom. The summed E-state index contributed by atoms with van der Waals surface area (Å²) in [5.74, 6) is 3.18. The van der Waals surface area contributed by atoms with Gasteiger partial charge in [-0.15, -0.1) is 0 Å². The number of hydrogen-bond donors (Lipinski definition) is 3. The molecule has 55 heavy (non-hydrogen) atoms. The highest BCUT2D eigenvalue weighted by molar-refractivity contribution is 7.92. The summed E-state index contributed by atoms with van der Waals surface area (Å²) in [5, 5.41) is 31.2. The largest absolute Gasteiger partial charge is 0.383 e. The van der Waals surface area contributed by atoms with Crippen LogP contribution in [0.15, 0.2) is 42.5 Å². The molecule has 0 amide bonds. The van der Waals surface area contributed by atoms with Crippen molar-refractivity contribution in [3.63, 3.8) is 0 Å². The number of benzene rings is 2. The van der Waals surface area contributed by atoms with E-state index in [1.807, 2.05) is 0 Å². The van der Waals surface area contributed by atoms with E-state index >= 15 is 0 Å². The lowest BCUT2D eigenvalue weighted by Crippen LogP contribution is -2.20. The highest BCUT2D eigenvalue weighted by Gasteiger charge is 2.47. The minimum atomic E-state index is -3.74. The maximum absolute atomic E-state index is 14.6. The van der Waals surface area contributed by atoms with Crippen LogP contribution in [0.2, 0.25) is 5.02 Å². The number of nitrogens with zero attached hydrogens (tertiary/aromatic N) is 5. The number of Topliss-reactive ketones (excluding diaryl/α,β-unsaturated/α-hetero) is 1. The Morgan fingerprint density at radius 2 is 1.76 bits per heavy atom. The number of halogens is 3. The zero-order chi connectivity index (χ0) is 39.4. The quantitative estimate of drug-likeness (QED) is 0.136. The molecule has 3 N–H and O–H groups in total. The van der Waals surface area contributed by atoms with Gasteiger partial charge in [-0.2, -0.15) is 10.2 Å². The van der Waals surface area contributed by atoms with Crippen molar-refractivity contribution in [1.29, 1.82) is 0 Å². The fraction of sp³-hybridized carbons (Fsp3) is 0.400. The molecule has 288 valence electrons. The van der Waals surface area contributed by atoms with Gasteiger partial charge in [-0.05, 0) is 106 Å². The van der Waals surface area contributed by atoms with Crippen molar-refractivity contribution in [2.45, 2.75) is 88.9 Å². The normalized spacial score (nSPS) is 15.7. The topological polar surface area (TPSA) is 152 Å². The number of hydrogen-bond acceptors (Lipinski definition) is 8. The summed E-state index contributed by atoms with van der Waals surface area (Å²) >= 11 is 6.66. The second-order valence-electron chi connectivity index (χ2n) is 15.2. The van der Waals surface area contributed by atoms with Gasteiger partial charge in [0, 0.05) is 42.3 Å². The zero-order valence-corrected chi connectivity index (χ0v) is 32.5. The van der Waals surface area contributed by atoms with Crippen molar-refractivity contribution in [3.05, 3.63) is 93.0 Å². The molecule has 1 atom stereocenters. The molecular weight excluding hydrogens is 750 g/mol. The number of carbonyl (C=O) groups excluding carboxylic acids is 1. The van der Waals surface area contributed by atoms with Gasteiger partial charge >= 0.3 is 0 Å². The molecule has 1 fully saturated rings. The van der Waals surface area contributed by atoms with E-state index in [0.717, 1.165) is 49.3 Å². The number of aliphatic hydroxyl groups is 2. The van der Waals surface area contributed by atoms with E-state index < -0.39 is 38.8 Å². The number of carbonyl (C=O) groups is 1. The first-order valence-electron chi connectivity index (χ1n) is 18.1. The zero-order valence-electron chi connectivity index (χ0n) is 30.9. The Morgan fingerprint density at radius 3 is 2.44 bits per heavy atom. The average molecular weight is 791 g/mol. The van der Waals surface area contributed by atoms with Gasteiger partial charge in [0.2, 0.25) is 10.0 Å². The molecular formula is C40H41ClF2N6O5S. The van der Waals surface area contributed by atoms with Crippen LogP contribution in [-0.2, 0) is 53.3 Å². The molecule has 0 spiro atoms. The molecule has 0 radical (unpaired) electrons.